The van der Waals surface area contributed by atoms with Gasteiger partial charge in [0.05, 0.1) is 6.61 Å². The number of aryl methyl sites for hydroxylation is 1. The number of nitrogens with zero attached hydrogens (tertiary/aromatic N) is 5. The summed E-state index contributed by atoms with van der Waals surface area (Å²) >= 11 is 0. The van der Waals surface area contributed by atoms with Crippen molar-refractivity contribution in [3.63, 3.8) is 0 Å². The van der Waals surface area contributed by atoms with Crippen LogP contribution in [-0.4, -0.2) is 70.6 Å². The van der Waals surface area contributed by atoms with Crippen LogP contribution >= 0.6 is 24.0 Å². The summed E-state index contributed by atoms with van der Waals surface area (Å²) < 4.78 is 7.55. The summed E-state index contributed by atoms with van der Waals surface area (Å²) in [4.78, 5) is 7.48. The van der Waals surface area contributed by atoms with Crippen LogP contribution in [0.15, 0.2) is 4.99 Å². The minimum atomic E-state index is 0. The lowest BCUT2D eigenvalue weighted by atomic mass is 10.0. The van der Waals surface area contributed by atoms with Crippen LogP contribution in [0.2, 0.25) is 0 Å². The fourth-order valence-electron chi connectivity index (χ4n) is 4.68. The molecule has 0 spiro atoms. The van der Waals surface area contributed by atoms with Crippen LogP contribution in [0.1, 0.15) is 56.6 Å². The van der Waals surface area contributed by atoms with Crippen molar-refractivity contribution in [3.8, 4) is 0 Å². The van der Waals surface area contributed by atoms with Crippen molar-refractivity contribution in [3.05, 3.63) is 11.6 Å². The molecule has 1 aromatic heterocycles. The monoisotopic (exact) mass is 531 g/mol. The standard InChI is InChI=1S/C21H37N7O.HI/c1-16-25-26-20(27(16)2)13-22-21(23-18-5-3-4-6-18)24-19-7-10-28(11-8-19)14-17-9-12-29-15-17;/h17-19H,3-15H2,1-2H3,(H2,22,23,24);1H. The molecule has 3 aliphatic rings. The third-order valence-electron chi connectivity index (χ3n) is 6.73. The zero-order valence-corrected chi connectivity index (χ0v) is 20.8. The highest BCUT2D eigenvalue weighted by atomic mass is 127. The molecule has 3 fully saturated rings. The van der Waals surface area contributed by atoms with Crippen LogP contribution in [0.5, 0.6) is 0 Å². The zero-order chi connectivity index (χ0) is 20.1. The average molecular weight is 531 g/mol. The molecule has 1 aliphatic carbocycles. The topological polar surface area (TPSA) is 79.6 Å². The number of aliphatic imine (C=N–C) groups is 1. The summed E-state index contributed by atoms with van der Waals surface area (Å²) in [5, 5.41) is 15.8. The molecule has 0 amide bonds. The summed E-state index contributed by atoms with van der Waals surface area (Å²) in [7, 11) is 2.00. The van der Waals surface area contributed by atoms with E-state index in [0.717, 1.165) is 49.8 Å². The predicted octanol–water partition coefficient (Wildman–Crippen LogP) is 2.22. The Labute approximate surface area is 197 Å². The number of halogens is 1. The van der Waals surface area contributed by atoms with Gasteiger partial charge in [-0.05, 0) is 44.9 Å². The Kier molecular flexibility index (Phi) is 9.18. The Morgan fingerprint density at radius 1 is 1.07 bits per heavy atom. The molecule has 3 heterocycles. The molecule has 170 valence electrons. The number of aromatic nitrogens is 3. The summed E-state index contributed by atoms with van der Waals surface area (Å²) in [6.07, 6.45) is 8.68. The van der Waals surface area contributed by atoms with E-state index in [-0.39, 0.29) is 24.0 Å². The highest BCUT2D eigenvalue weighted by Gasteiger charge is 2.25. The number of nitrogens with one attached hydrogen (secondary N) is 2. The van der Waals surface area contributed by atoms with Crippen LogP contribution in [0.4, 0.5) is 0 Å². The number of likely N-dealkylation sites (tertiary alicyclic amines) is 1. The number of piperidine rings is 1. The van der Waals surface area contributed by atoms with Gasteiger partial charge in [-0.15, -0.1) is 34.2 Å². The molecule has 1 aromatic rings. The molecule has 2 aliphatic heterocycles. The molecule has 1 saturated carbocycles. The van der Waals surface area contributed by atoms with Gasteiger partial charge in [-0.3, -0.25) is 0 Å². The summed E-state index contributed by atoms with van der Waals surface area (Å²) in [5.74, 6) is 3.51. The summed E-state index contributed by atoms with van der Waals surface area (Å²) in [5.41, 5.74) is 0. The SMILES string of the molecule is Cc1nnc(CN=C(NC2CCCC2)NC2CCN(CC3CCOC3)CC2)n1C.I. The fraction of sp³-hybridized carbons (Fsp3) is 0.857. The van der Waals surface area contributed by atoms with Crippen molar-refractivity contribution in [2.75, 3.05) is 32.8 Å². The van der Waals surface area contributed by atoms with Crippen molar-refractivity contribution < 1.29 is 4.74 Å². The van der Waals surface area contributed by atoms with E-state index in [2.05, 4.69) is 25.7 Å². The van der Waals surface area contributed by atoms with Gasteiger partial charge in [-0.25, -0.2) is 4.99 Å². The minimum Gasteiger partial charge on any atom is -0.381 e. The van der Waals surface area contributed by atoms with Crippen molar-refractivity contribution >= 4 is 29.9 Å². The Morgan fingerprint density at radius 3 is 2.37 bits per heavy atom. The Balaban J connectivity index is 0.00000256. The molecule has 0 radical (unpaired) electrons. The van der Waals surface area contributed by atoms with Gasteiger partial charge in [0.25, 0.3) is 0 Å². The van der Waals surface area contributed by atoms with Gasteiger partial charge in [0.2, 0.25) is 0 Å². The smallest absolute Gasteiger partial charge is 0.192 e. The lowest BCUT2D eigenvalue weighted by molar-refractivity contribution is 0.150. The second-order valence-electron chi connectivity index (χ2n) is 8.96. The van der Waals surface area contributed by atoms with Crippen molar-refractivity contribution in [2.45, 2.75) is 70.5 Å². The fourth-order valence-corrected chi connectivity index (χ4v) is 4.68. The van der Waals surface area contributed by atoms with E-state index in [9.17, 15) is 0 Å². The predicted molar refractivity (Wildman–Crippen MR) is 129 cm³/mol. The largest absolute Gasteiger partial charge is 0.381 e. The van der Waals surface area contributed by atoms with Gasteiger partial charge < -0.3 is 24.8 Å². The van der Waals surface area contributed by atoms with E-state index in [4.69, 9.17) is 9.73 Å². The highest BCUT2D eigenvalue weighted by molar-refractivity contribution is 14.0. The van der Waals surface area contributed by atoms with E-state index < -0.39 is 0 Å². The number of hydrogen-bond donors (Lipinski definition) is 2. The van der Waals surface area contributed by atoms with Crippen LogP contribution in [0, 0.1) is 12.8 Å². The third-order valence-corrected chi connectivity index (χ3v) is 6.73. The molecule has 0 bridgehead atoms. The van der Waals surface area contributed by atoms with E-state index >= 15 is 0 Å². The van der Waals surface area contributed by atoms with Crippen LogP contribution in [-0.2, 0) is 18.3 Å². The normalized spacial score (nSPS) is 24.2. The molecule has 9 heteroatoms. The molecular formula is C21H38IN7O. The third kappa shape index (κ3) is 6.53. The van der Waals surface area contributed by atoms with Gasteiger partial charge in [0.1, 0.15) is 12.4 Å². The van der Waals surface area contributed by atoms with Gasteiger partial charge >= 0.3 is 0 Å². The molecular weight excluding hydrogens is 493 g/mol. The Hall–Kier alpha value is -0.940. The lowest BCUT2D eigenvalue weighted by Crippen LogP contribution is -2.51. The van der Waals surface area contributed by atoms with E-state index in [0.29, 0.717) is 18.6 Å². The first kappa shape index (κ1) is 23.7. The number of ether oxygens (including phenoxy) is 1. The molecule has 30 heavy (non-hydrogen) atoms. The average Bonchev–Trinajstić information content (AvgIpc) is 3.47. The first-order chi connectivity index (χ1) is 14.2. The molecule has 0 aromatic carbocycles. The second-order valence-corrected chi connectivity index (χ2v) is 8.96. The molecule has 1 unspecified atom stereocenters. The maximum absolute atomic E-state index is 5.53. The van der Waals surface area contributed by atoms with Gasteiger partial charge in [-0.2, -0.15) is 0 Å². The molecule has 8 nitrogen and oxygen atoms in total. The first-order valence-corrected chi connectivity index (χ1v) is 11.4. The number of hydrogen-bond acceptors (Lipinski definition) is 5. The summed E-state index contributed by atoms with van der Waals surface area (Å²) in [6.45, 7) is 7.93. The van der Waals surface area contributed by atoms with Gasteiger partial charge in [-0.1, -0.05) is 12.8 Å². The minimum absolute atomic E-state index is 0. The molecule has 2 N–H and O–H groups in total. The zero-order valence-electron chi connectivity index (χ0n) is 18.5. The molecule has 2 saturated heterocycles. The summed E-state index contributed by atoms with van der Waals surface area (Å²) in [6, 6.07) is 1.03. The van der Waals surface area contributed by atoms with E-state index in [1.54, 1.807) is 0 Å². The van der Waals surface area contributed by atoms with Crippen molar-refractivity contribution in [1.29, 1.82) is 0 Å². The molecule has 1 atom stereocenters. The maximum atomic E-state index is 5.53. The number of rotatable bonds is 6. The highest BCUT2D eigenvalue weighted by Crippen LogP contribution is 2.19. The lowest BCUT2D eigenvalue weighted by Gasteiger charge is -2.34. The van der Waals surface area contributed by atoms with E-state index in [1.165, 1.54) is 51.5 Å². The van der Waals surface area contributed by atoms with Crippen LogP contribution in [0.25, 0.3) is 0 Å². The van der Waals surface area contributed by atoms with Crippen LogP contribution < -0.4 is 10.6 Å². The van der Waals surface area contributed by atoms with Crippen molar-refractivity contribution in [1.82, 2.24) is 30.3 Å². The van der Waals surface area contributed by atoms with Gasteiger partial charge in [0, 0.05) is 45.4 Å². The van der Waals surface area contributed by atoms with Gasteiger partial charge in [0.15, 0.2) is 11.8 Å². The quantitative estimate of drug-likeness (QED) is 0.333. The van der Waals surface area contributed by atoms with Crippen LogP contribution in [0.3, 0.4) is 0 Å². The maximum Gasteiger partial charge on any atom is 0.192 e. The first-order valence-electron chi connectivity index (χ1n) is 11.4. The Bertz CT molecular complexity index is 675. The second kappa shape index (κ2) is 11.6. The van der Waals surface area contributed by atoms with E-state index in [1.807, 2.05) is 18.5 Å². The molecule has 4 rings (SSSR count). The Morgan fingerprint density at radius 2 is 1.77 bits per heavy atom. The van der Waals surface area contributed by atoms with Crippen molar-refractivity contribution in [2.24, 2.45) is 18.0 Å². The number of guanidine groups is 1.